The van der Waals surface area contributed by atoms with E-state index in [1.54, 1.807) is 0 Å². The maximum absolute atomic E-state index is 12.7. The highest BCUT2D eigenvalue weighted by Gasteiger charge is 2.29. The van der Waals surface area contributed by atoms with Crippen molar-refractivity contribution in [2.45, 2.75) is 65.8 Å². The number of benzene rings is 1. The van der Waals surface area contributed by atoms with E-state index in [1.165, 1.54) is 0 Å². The van der Waals surface area contributed by atoms with Crippen molar-refractivity contribution in [2.75, 3.05) is 19.6 Å². The van der Waals surface area contributed by atoms with Gasteiger partial charge in [0.15, 0.2) is 5.82 Å². The molecule has 1 aromatic carbocycles. The maximum atomic E-state index is 12.7. The number of likely N-dealkylation sites (tertiary alicyclic amines) is 1. The summed E-state index contributed by atoms with van der Waals surface area (Å²) in [5.41, 5.74) is 0.532. The molecule has 1 atom stereocenters. The molecule has 0 saturated carbocycles. The fraction of sp³-hybridized carbons (Fsp3) is 0.609. The number of carbonyl (C=O) groups is 1. The lowest BCUT2D eigenvalue weighted by atomic mass is 9.97. The zero-order valence-corrected chi connectivity index (χ0v) is 20.1. The largest absolute Gasteiger partial charge is 0.444 e. The van der Waals surface area contributed by atoms with Crippen LogP contribution in [-0.2, 0) is 11.4 Å². The van der Waals surface area contributed by atoms with E-state index in [1.807, 2.05) is 74.5 Å². The normalized spacial score (nSPS) is 17.7. The lowest BCUT2D eigenvalue weighted by Crippen LogP contribution is -2.47. The van der Waals surface area contributed by atoms with Crippen LogP contribution in [0.5, 0.6) is 0 Å². The second kappa shape index (κ2) is 9.96. The van der Waals surface area contributed by atoms with E-state index < -0.39 is 5.60 Å². The highest BCUT2D eigenvalue weighted by atomic mass is 32.1. The number of H-pyrrole nitrogens is 1. The van der Waals surface area contributed by atoms with Gasteiger partial charge >= 0.3 is 6.09 Å². The zero-order valence-electron chi connectivity index (χ0n) is 19.3. The van der Waals surface area contributed by atoms with Gasteiger partial charge in [-0.25, -0.2) is 9.48 Å². The molecule has 1 aliphatic rings. The Morgan fingerprint density at radius 3 is 2.68 bits per heavy atom. The average Bonchev–Trinajstić information content (AvgIpc) is 3.06. The zero-order chi connectivity index (χ0) is 22.6. The van der Waals surface area contributed by atoms with E-state index in [-0.39, 0.29) is 12.1 Å². The van der Waals surface area contributed by atoms with Gasteiger partial charge in [0, 0.05) is 24.7 Å². The molecule has 1 saturated heterocycles. The molecule has 170 valence electrons. The number of aromatic amines is 1. The molecule has 2 heterocycles. The van der Waals surface area contributed by atoms with Crippen molar-refractivity contribution >= 4 is 18.3 Å². The maximum Gasteiger partial charge on any atom is 0.410 e. The third-order valence-electron chi connectivity index (χ3n) is 5.38. The molecule has 1 fully saturated rings. The van der Waals surface area contributed by atoms with E-state index >= 15 is 0 Å². The molecule has 3 rings (SSSR count). The van der Waals surface area contributed by atoms with Crippen molar-refractivity contribution in [1.82, 2.24) is 24.6 Å². The summed E-state index contributed by atoms with van der Waals surface area (Å²) >= 11 is 5.48. The number of ether oxygens (including phenoxy) is 1. The molecule has 1 aliphatic heterocycles. The molecule has 0 unspecified atom stereocenters. The van der Waals surface area contributed by atoms with Gasteiger partial charge in [-0.1, -0.05) is 30.3 Å². The predicted octanol–water partition coefficient (Wildman–Crippen LogP) is 4.92. The molecule has 8 heteroatoms. The number of hydrogen-bond acceptors (Lipinski definition) is 5. The summed E-state index contributed by atoms with van der Waals surface area (Å²) in [5.74, 6) is 1.18. The Bertz CT molecular complexity index is 916. The van der Waals surface area contributed by atoms with Crippen LogP contribution in [0.15, 0.2) is 30.3 Å². The Kier molecular flexibility index (Phi) is 7.54. The summed E-state index contributed by atoms with van der Waals surface area (Å²) in [6.07, 6.45) is 1.97. The van der Waals surface area contributed by atoms with Gasteiger partial charge in [-0.05, 0) is 72.1 Å². The van der Waals surface area contributed by atoms with E-state index in [0.717, 1.165) is 37.3 Å². The van der Waals surface area contributed by atoms with E-state index in [9.17, 15) is 4.79 Å². The first kappa shape index (κ1) is 23.5. The third-order valence-corrected chi connectivity index (χ3v) is 5.69. The Labute approximate surface area is 190 Å². The number of nitrogens with zero attached hydrogens (tertiary/aromatic N) is 4. The number of amides is 1. The molecule has 1 aromatic heterocycles. The summed E-state index contributed by atoms with van der Waals surface area (Å²) < 4.78 is 8.11. The SMILES string of the molecule is CC(C)N(C[C@H]1CCCN(Cn2[nH]c(-c3ccccc3)nc2=S)C1)C(=O)OC(C)(C)C. The van der Waals surface area contributed by atoms with Gasteiger partial charge in [-0.15, -0.1) is 0 Å². The number of carbonyl (C=O) groups excluding carboxylic acids is 1. The fourth-order valence-corrected chi connectivity index (χ4v) is 4.10. The average molecular weight is 446 g/mol. The highest BCUT2D eigenvalue weighted by Crippen LogP contribution is 2.21. The molecule has 31 heavy (non-hydrogen) atoms. The van der Waals surface area contributed by atoms with Gasteiger partial charge in [0.25, 0.3) is 0 Å². The molecule has 0 spiro atoms. The number of aromatic nitrogens is 3. The molecular weight excluding hydrogens is 410 g/mol. The number of nitrogens with one attached hydrogen (secondary N) is 1. The number of piperidine rings is 1. The van der Waals surface area contributed by atoms with Crippen LogP contribution in [0.1, 0.15) is 47.5 Å². The Morgan fingerprint density at radius 1 is 1.32 bits per heavy atom. The summed E-state index contributed by atoms with van der Waals surface area (Å²) in [6.45, 7) is 13.1. The van der Waals surface area contributed by atoms with Crippen molar-refractivity contribution < 1.29 is 9.53 Å². The summed E-state index contributed by atoms with van der Waals surface area (Å²) in [7, 11) is 0. The van der Waals surface area contributed by atoms with Crippen LogP contribution in [-0.4, -0.2) is 61.9 Å². The minimum absolute atomic E-state index is 0.0971. The molecular formula is C23H35N5O2S. The smallest absolute Gasteiger partial charge is 0.410 e. The standard InChI is InChI=1S/C23H35N5O2S/c1-17(2)27(22(29)30-23(3,4)5)15-18-10-9-13-26(14-18)16-28-21(31)24-20(25-28)19-11-7-6-8-12-19/h6-8,11-12,17-18H,9-10,13-16H2,1-5H3,(H,24,25,31)/t18-/m0/s1. The van der Waals surface area contributed by atoms with Gasteiger partial charge in [0.1, 0.15) is 5.60 Å². The number of hydrogen-bond donors (Lipinski definition) is 1. The van der Waals surface area contributed by atoms with Crippen LogP contribution in [0, 0.1) is 10.7 Å². The van der Waals surface area contributed by atoms with Gasteiger partial charge in [-0.2, -0.15) is 4.98 Å². The summed E-state index contributed by atoms with van der Waals surface area (Å²) in [4.78, 5) is 21.4. The predicted molar refractivity (Wildman–Crippen MR) is 125 cm³/mol. The van der Waals surface area contributed by atoms with Crippen molar-refractivity contribution in [2.24, 2.45) is 5.92 Å². The fourth-order valence-electron chi connectivity index (χ4n) is 3.90. The van der Waals surface area contributed by atoms with Gasteiger partial charge < -0.3 is 9.64 Å². The highest BCUT2D eigenvalue weighted by molar-refractivity contribution is 7.71. The van der Waals surface area contributed by atoms with Crippen molar-refractivity contribution in [1.29, 1.82) is 0 Å². The topological polar surface area (TPSA) is 66.4 Å². The van der Waals surface area contributed by atoms with E-state index in [4.69, 9.17) is 17.0 Å². The first-order valence-corrected chi connectivity index (χ1v) is 11.5. The molecule has 0 aliphatic carbocycles. The quantitative estimate of drug-likeness (QED) is 0.639. The number of rotatable bonds is 6. The van der Waals surface area contributed by atoms with E-state index in [2.05, 4.69) is 15.0 Å². The van der Waals surface area contributed by atoms with Crippen molar-refractivity contribution in [3.63, 3.8) is 0 Å². The molecule has 0 radical (unpaired) electrons. The molecule has 1 N–H and O–H groups in total. The van der Waals surface area contributed by atoms with Gasteiger partial charge in [0.05, 0.1) is 6.67 Å². The van der Waals surface area contributed by atoms with Crippen molar-refractivity contribution in [3.8, 4) is 11.4 Å². The lowest BCUT2D eigenvalue weighted by molar-refractivity contribution is 0.0108. The van der Waals surface area contributed by atoms with Gasteiger partial charge in [-0.3, -0.25) is 10.00 Å². The molecule has 0 bridgehead atoms. The summed E-state index contributed by atoms with van der Waals surface area (Å²) in [6, 6.07) is 10.1. The lowest BCUT2D eigenvalue weighted by Gasteiger charge is -2.37. The second-order valence-electron chi connectivity index (χ2n) is 9.60. The Balaban J connectivity index is 1.63. The van der Waals surface area contributed by atoms with Crippen molar-refractivity contribution in [3.05, 3.63) is 35.1 Å². The minimum atomic E-state index is -0.490. The van der Waals surface area contributed by atoms with Crippen LogP contribution >= 0.6 is 12.2 Å². The van der Waals surface area contributed by atoms with Crippen LogP contribution in [0.3, 0.4) is 0 Å². The van der Waals surface area contributed by atoms with Gasteiger partial charge in [0.2, 0.25) is 4.77 Å². The Hall–Kier alpha value is -2.19. The minimum Gasteiger partial charge on any atom is -0.444 e. The monoisotopic (exact) mass is 445 g/mol. The summed E-state index contributed by atoms with van der Waals surface area (Å²) in [5, 5.41) is 3.34. The van der Waals surface area contributed by atoms with Crippen LogP contribution in [0.25, 0.3) is 11.4 Å². The van der Waals surface area contributed by atoms with Crippen LogP contribution in [0.4, 0.5) is 4.79 Å². The Morgan fingerprint density at radius 2 is 2.03 bits per heavy atom. The first-order chi connectivity index (χ1) is 14.6. The second-order valence-corrected chi connectivity index (χ2v) is 9.97. The van der Waals surface area contributed by atoms with Crippen LogP contribution < -0.4 is 0 Å². The van der Waals surface area contributed by atoms with E-state index in [0.29, 0.717) is 23.9 Å². The molecule has 2 aromatic rings. The molecule has 7 nitrogen and oxygen atoms in total. The molecule has 1 amide bonds. The van der Waals surface area contributed by atoms with Crippen LogP contribution in [0.2, 0.25) is 0 Å². The third kappa shape index (κ3) is 6.64. The first-order valence-electron chi connectivity index (χ1n) is 11.1.